The van der Waals surface area contributed by atoms with E-state index in [-0.39, 0.29) is 0 Å². The molecule has 6 nitrogen and oxygen atoms in total. The largest absolute Gasteiger partial charge is 0.394 e. The maximum atomic E-state index is 10.5. The third-order valence-electron chi connectivity index (χ3n) is 1.67. The highest BCUT2D eigenvalue weighted by Crippen LogP contribution is 2.05. The fraction of sp³-hybridized carbons (Fsp3) is 0.857. The van der Waals surface area contributed by atoms with Gasteiger partial charge in [0.25, 0.3) is 0 Å². The average molecular weight is 194 g/mol. The molecule has 0 rings (SSSR count). The summed E-state index contributed by atoms with van der Waals surface area (Å²) in [7, 11) is 0. The van der Waals surface area contributed by atoms with Gasteiger partial charge in [0.05, 0.1) is 6.61 Å². The predicted molar refractivity (Wildman–Crippen MR) is 41.8 cm³/mol. The van der Waals surface area contributed by atoms with E-state index < -0.39 is 36.8 Å². The molecule has 0 radical (unpaired) electrons. The van der Waals surface area contributed by atoms with Gasteiger partial charge in [0, 0.05) is 0 Å². The lowest BCUT2D eigenvalue weighted by molar-refractivity contribution is -0.145. The van der Waals surface area contributed by atoms with Gasteiger partial charge in [-0.1, -0.05) is 0 Å². The lowest BCUT2D eigenvalue weighted by Gasteiger charge is -2.23. The van der Waals surface area contributed by atoms with Crippen molar-refractivity contribution in [2.45, 2.75) is 31.3 Å². The van der Waals surface area contributed by atoms with Gasteiger partial charge in [-0.25, -0.2) is 0 Å². The number of carbonyl (C=O) groups excluding carboxylic acids is 1. The number of Topliss-reactive ketones (excluding diaryl/α,β-unsaturated/α-hetero) is 1. The number of aliphatic hydroxyl groups excluding tert-OH is 5. The summed E-state index contributed by atoms with van der Waals surface area (Å²) in [6, 6.07) is 0. The van der Waals surface area contributed by atoms with Crippen LogP contribution in [0.1, 0.15) is 6.92 Å². The van der Waals surface area contributed by atoms with Crippen LogP contribution in [0, 0.1) is 0 Å². The first-order valence-electron chi connectivity index (χ1n) is 3.75. The number of hydrogen-bond donors (Lipinski definition) is 5. The van der Waals surface area contributed by atoms with Gasteiger partial charge in [-0.05, 0) is 6.92 Å². The molecular weight excluding hydrogens is 180 g/mol. The van der Waals surface area contributed by atoms with E-state index in [2.05, 4.69) is 0 Å². The SMILES string of the molecule is CC(=O)[C@@H](O)[C@@H](O)[C@@H](O)[C@@H](O)CO. The molecule has 0 aliphatic heterocycles. The number of ketones is 1. The van der Waals surface area contributed by atoms with E-state index in [1.807, 2.05) is 0 Å². The molecule has 0 saturated heterocycles. The van der Waals surface area contributed by atoms with E-state index in [1.165, 1.54) is 0 Å². The smallest absolute Gasteiger partial charge is 0.160 e. The Balaban J connectivity index is 4.24. The topological polar surface area (TPSA) is 118 Å². The molecule has 0 heterocycles. The van der Waals surface area contributed by atoms with Crippen LogP contribution in [0.4, 0.5) is 0 Å². The van der Waals surface area contributed by atoms with E-state index in [9.17, 15) is 4.79 Å². The van der Waals surface area contributed by atoms with Crippen LogP contribution in [-0.4, -0.2) is 62.3 Å². The second kappa shape index (κ2) is 5.25. The molecular formula is C7H14O6. The Kier molecular flexibility index (Phi) is 5.04. The standard InChI is InChI=1S/C7H14O6/c1-3(9)5(11)7(13)6(12)4(10)2-8/h4-8,10-13H,2H2,1H3/t4-,5+,6-,7+/m0/s1. The Morgan fingerprint density at radius 3 is 1.92 bits per heavy atom. The van der Waals surface area contributed by atoms with Crippen LogP contribution >= 0.6 is 0 Å². The van der Waals surface area contributed by atoms with E-state index in [0.717, 1.165) is 6.92 Å². The summed E-state index contributed by atoms with van der Waals surface area (Å²) in [6.45, 7) is 0.273. The third kappa shape index (κ3) is 3.37. The van der Waals surface area contributed by atoms with Crippen molar-refractivity contribution in [3.8, 4) is 0 Å². The molecule has 0 unspecified atom stereocenters. The summed E-state index contributed by atoms with van der Waals surface area (Å²) in [6.07, 6.45) is -6.87. The normalized spacial score (nSPS) is 20.5. The van der Waals surface area contributed by atoms with Gasteiger partial charge >= 0.3 is 0 Å². The van der Waals surface area contributed by atoms with Crippen LogP contribution < -0.4 is 0 Å². The van der Waals surface area contributed by atoms with Crippen molar-refractivity contribution in [3.63, 3.8) is 0 Å². The fourth-order valence-electron chi connectivity index (χ4n) is 0.763. The molecule has 6 heteroatoms. The Morgan fingerprint density at radius 1 is 1.15 bits per heavy atom. The highest BCUT2D eigenvalue weighted by atomic mass is 16.4. The molecule has 78 valence electrons. The van der Waals surface area contributed by atoms with E-state index in [0.29, 0.717) is 0 Å². The van der Waals surface area contributed by atoms with Crippen molar-refractivity contribution < 1.29 is 30.3 Å². The van der Waals surface area contributed by atoms with Crippen LogP contribution in [0.3, 0.4) is 0 Å². The summed E-state index contributed by atoms with van der Waals surface area (Å²) in [5.74, 6) is -0.725. The molecule has 5 N–H and O–H groups in total. The minimum absolute atomic E-state index is 0.725. The number of rotatable bonds is 5. The van der Waals surface area contributed by atoms with Crippen molar-refractivity contribution in [3.05, 3.63) is 0 Å². The lowest BCUT2D eigenvalue weighted by Crippen LogP contribution is -2.48. The molecule has 0 aromatic carbocycles. The highest BCUT2D eigenvalue weighted by Gasteiger charge is 2.32. The van der Waals surface area contributed by atoms with Gasteiger partial charge in [-0.3, -0.25) is 4.79 Å². The Hall–Kier alpha value is -0.530. The first kappa shape index (κ1) is 12.5. The minimum Gasteiger partial charge on any atom is -0.394 e. The van der Waals surface area contributed by atoms with Gasteiger partial charge in [0.1, 0.15) is 24.4 Å². The second-order valence-corrected chi connectivity index (χ2v) is 2.79. The van der Waals surface area contributed by atoms with Crippen LogP contribution in [0.25, 0.3) is 0 Å². The molecule has 0 fully saturated rings. The zero-order chi connectivity index (χ0) is 10.6. The van der Waals surface area contributed by atoms with Crippen molar-refractivity contribution in [2.75, 3.05) is 6.61 Å². The summed E-state index contributed by atoms with van der Waals surface area (Å²) in [4.78, 5) is 10.5. The summed E-state index contributed by atoms with van der Waals surface area (Å²) >= 11 is 0. The lowest BCUT2D eigenvalue weighted by atomic mass is 10.0. The van der Waals surface area contributed by atoms with Crippen molar-refractivity contribution in [2.24, 2.45) is 0 Å². The van der Waals surface area contributed by atoms with Gasteiger partial charge in [0.2, 0.25) is 0 Å². The summed E-state index contributed by atoms with van der Waals surface area (Å²) in [5.41, 5.74) is 0. The average Bonchev–Trinajstić information content (AvgIpc) is 2.12. The van der Waals surface area contributed by atoms with E-state index in [4.69, 9.17) is 25.5 Å². The number of carbonyl (C=O) groups is 1. The molecule has 0 aliphatic carbocycles. The molecule has 4 atom stereocenters. The van der Waals surface area contributed by atoms with E-state index >= 15 is 0 Å². The molecule has 0 aliphatic rings. The van der Waals surface area contributed by atoms with Crippen molar-refractivity contribution in [1.29, 1.82) is 0 Å². The van der Waals surface area contributed by atoms with Crippen LogP contribution in [0.5, 0.6) is 0 Å². The maximum Gasteiger partial charge on any atom is 0.160 e. The molecule has 0 aromatic heterocycles. The van der Waals surface area contributed by atoms with Gasteiger partial charge < -0.3 is 25.5 Å². The Labute approximate surface area is 75.1 Å². The zero-order valence-electron chi connectivity index (χ0n) is 7.16. The summed E-state index contributed by atoms with van der Waals surface area (Å²) < 4.78 is 0. The van der Waals surface area contributed by atoms with Gasteiger partial charge in [-0.15, -0.1) is 0 Å². The monoisotopic (exact) mass is 194 g/mol. The number of hydrogen-bond acceptors (Lipinski definition) is 6. The molecule has 0 amide bonds. The zero-order valence-corrected chi connectivity index (χ0v) is 7.16. The van der Waals surface area contributed by atoms with Gasteiger partial charge in [0.15, 0.2) is 5.78 Å². The Bertz CT molecular complexity index is 170. The third-order valence-corrected chi connectivity index (χ3v) is 1.67. The first-order chi connectivity index (χ1) is 5.91. The van der Waals surface area contributed by atoms with Crippen LogP contribution in [0.15, 0.2) is 0 Å². The minimum atomic E-state index is -1.79. The summed E-state index contributed by atoms with van der Waals surface area (Å²) in [5, 5.41) is 44.3. The first-order valence-corrected chi connectivity index (χ1v) is 3.75. The molecule has 0 aromatic rings. The molecule has 0 saturated carbocycles. The predicted octanol–water partition coefficient (Wildman–Crippen LogP) is -2.99. The highest BCUT2D eigenvalue weighted by molar-refractivity contribution is 5.80. The Morgan fingerprint density at radius 2 is 1.62 bits per heavy atom. The van der Waals surface area contributed by atoms with Crippen molar-refractivity contribution >= 4 is 5.78 Å². The molecule has 13 heavy (non-hydrogen) atoms. The van der Waals surface area contributed by atoms with Crippen LogP contribution in [-0.2, 0) is 4.79 Å². The van der Waals surface area contributed by atoms with Crippen LogP contribution in [0.2, 0.25) is 0 Å². The fourth-order valence-corrected chi connectivity index (χ4v) is 0.763. The second-order valence-electron chi connectivity index (χ2n) is 2.79. The van der Waals surface area contributed by atoms with E-state index in [1.54, 1.807) is 0 Å². The van der Waals surface area contributed by atoms with Gasteiger partial charge in [-0.2, -0.15) is 0 Å². The van der Waals surface area contributed by atoms with Crippen molar-refractivity contribution in [1.82, 2.24) is 0 Å². The molecule has 0 bridgehead atoms. The maximum absolute atomic E-state index is 10.5. The number of aliphatic hydroxyl groups is 5. The quantitative estimate of drug-likeness (QED) is 0.318. The molecule has 0 spiro atoms.